The molecule has 1 aromatic carbocycles. The van der Waals surface area contributed by atoms with Crippen molar-refractivity contribution in [2.75, 3.05) is 6.61 Å². The first-order valence-electron chi connectivity index (χ1n) is 5.63. The van der Waals surface area contributed by atoms with E-state index in [1.807, 2.05) is 6.92 Å². The summed E-state index contributed by atoms with van der Waals surface area (Å²) < 4.78 is 36.4. The molecule has 1 atom stereocenters. The lowest BCUT2D eigenvalue weighted by atomic mass is 10.2. The number of nitrogens with one attached hydrogen (secondary N) is 1. The van der Waals surface area contributed by atoms with E-state index in [4.69, 9.17) is 5.11 Å². The third-order valence-corrected chi connectivity index (χ3v) is 3.14. The second-order valence-electron chi connectivity index (χ2n) is 3.83. The van der Waals surface area contributed by atoms with Gasteiger partial charge in [-0.15, -0.1) is 0 Å². The Morgan fingerprint density at radius 1 is 1.37 bits per heavy atom. The first kappa shape index (κ1) is 15.8. The maximum atomic E-state index is 12.1. The highest BCUT2D eigenvalue weighted by Gasteiger charge is 2.29. The van der Waals surface area contributed by atoms with Gasteiger partial charge in [-0.2, -0.15) is 13.2 Å². The van der Waals surface area contributed by atoms with Crippen molar-refractivity contribution in [3.05, 3.63) is 29.8 Å². The fourth-order valence-electron chi connectivity index (χ4n) is 1.35. The van der Waals surface area contributed by atoms with Crippen molar-refractivity contribution in [1.82, 2.24) is 5.32 Å². The van der Waals surface area contributed by atoms with Crippen molar-refractivity contribution in [2.45, 2.75) is 29.8 Å². The van der Waals surface area contributed by atoms with Gasteiger partial charge < -0.3 is 10.4 Å². The molecule has 0 heterocycles. The van der Waals surface area contributed by atoms with Gasteiger partial charge in [-0.3, -0.25) is 4.79 Å². The molecule has 0 radical (unpaired) electrons. The normalized spacial score (nSPS) is 13.1. The molecular formula is C12H14F3NO2S. The van der Waals surface area contributed by atoms with Crippen LogP contribution >= 0.6 is 11.8 Å². The second-order valence-corrected chi connectivity index (χ2v) is 4.97. The van der Waals surface area contributed by atoms with Gasteiger partial charge in [-0.1, -0.05) is 6.92 Å². The Hall–Kier alpha value is -1.21. The average molecular weight is 293 g/mol. The summed E-state index contributed by atoms with van der Waals surface area (Å²) >= 11 is -0.228. The van der Waals surface area contributed by atoms with Crippen LogP contribution in [0.15, 0.2) is 29.2 Å². The van der Waals surface area contributed by atoms with Crippen molar-refractivity contribution in [2.24, 2.45) is 0 Å². The van der Waals surface area contributed by atoms with E-state index in [1.54, 1.807) is 0 Å². The quantitative estimate of drug-likeness (QED) is 0.821. The molecule has 0 aliphatic rings. The number of halogens is 3. The van der Waals surface area contributed by atoms with E-state index < -0.39 is 11.4 Å². The zero-order valence-corrected chi connectivity index (χ0v) is 11.0. The molecule has 0 saturated heterocycles. The van der Waals surface area contributed by atoms with Crippen molar-refractivity contribution in [3.8, 4) is 0 Å². The minimum Gasteiger partial charge on any atom is -0.394 e. The number of benzene rings is 1. The summed E-state index contributed by atoms with van der Waals surface area (Å²) in [4.78, 5) is 11.7. The second kappa shape index (κ2) is 6.81. The van der Waals surface area contributed by atoms with E-state index in [9.17, 15) is 18.0 Å². The molecule has 19 heavy (non-hydrogen) atoms. The Kier molecular flexibility index (Phi) is 5.68. The Bertz CT molecular complexity index is 416. The molecular weight excluding hydrogens is 279 g/mol. The largest absolute Gasteiger partial charge is 0.446 e. The number of alkyl halides is 3. The monoisotopic (exact) mass is 293 g/mol. The van der Waals surface area contributed by atoms with E-state index in [0.29, 0.717) is 6.42 Å². The number of carbonyl (C=O) groups is 1. The first-order valence-corrected chi connectivity index (χ1v) is 6.45. The number of aliphatic hydroxyl groups excluding tert-OH is 1. The van der Waals surface area contributed by atoms with Crippen molar-refractivity contribution >= 4 is 17.7 Å². The van der Waals surface area contributed by atoms with Crippen LogP contribution in [0.4, 0.5) is 13.2 Å². The summed E-state index contributed by atoms with van der Waals surface area (Å²) in [6.07, 6.45) is 0.574. The minimum atomic E-state index is -4.34. The van der Waals surface area contributed by atoms with Gasteiger partial charge in [0.1, 0.15) is 0 Å². The maximum absolute atomic E-state index is 12.1. The lowest BCUT2D eigenvalue weighted by Crippen LogP contribution is -2.36. The van der Waals surface area contributed by atoms with Crippen LogP contribution in [-0.2, 0) is 0 Å². The Labute approximate surface area is 113 Å². The van der Waals surface area contributed by atoms with Crippen molar-refractivity contribution < 1.29 is 23.1 Å². The zero-order valence-electron chi connectivity index (χ0n) is 10.2. The van der Waals surface area contributed by atoms with Gasteiger partial charge in [-0.25, -0.2) is 0 Å². The molecule has 1 amide bonds. The van der Waals surface area contributed by atoms with E-state index >= 15 is 0 Å². The maximum Gasteiger partial charge on any atom is 0.446 e. The zero-order chi connectivity index (χ0) is 14.5. The molecule has 2 N–H and O–H groups in total. The van der Waals surface area contributed by atoms with E-state index in [2.05, 4.69) is 5.32 Å². The number of aliphatic hydroxyl groups is 1. The molecule has 0 aliphatic carbocycles. The Morgan fingerprint density at radius 2 is 1.95 bits per heavy atom. The summed E-state index contributed by atoms with van der Waals surface area (Å²) in [5.74, 6) is -0.413. The number of hydrogen-bond donors (Lipinski definition) is 2. The number of thioether (sulfide) groups is 1. The van der Waals surface area contributed by atoms with Gasteiger partial charge in [0.2, 0.25) is 0 Å². The van der Waals surface area contributed by atoms with Crippen LogP contribution in [0.25, 0.3) is 0 Å². The highest BCUT2D eigenvalue weighted by atomic mass is 32.2. The topological polar surface area (TPSA) is 49.3 Å². The third kappa shape index (κ3) is 5.52. The molecule has 0 spiro atoms. The molecule has 1 aromatic rings. The molecule has 0 fully saturated rings. The minimum absolute atomic E-state index is 0.0262. The predicted molar refractivity (Wildman–Crippen MR) is 67.0 cm³/mol. The Balaban J connectivity index is 2.68. The molecule has 7 heteroatoms. The van der Waals surface area contributed by atoms with Gasteiger partial charge >= 0.3 is 5.51 Å². The van der Waals surface area contributed by atoms with E-state index in [1.165, 1.54) is 24.3 Å². The summed E-state index contributed by atoms with van der Waals surface area (Å²) in [5.41, 5.74) is -4.08. The molecule has 1 rings (SSSR count). The van der Waals surface area contributed by atoms with Crippen LogP contribution in [0, 0.1) is 0 Å². The summed E-state index contributed by atoms with van der Waals surface area (Å²) in [7, 11) is 0. The summed E-state index contributed by atoms with van der Waals surface area (Å²) in [6.45, 7) is 1.63. The van der Waals surface area contributed by atoms with Gasteiger partial charge in [0, 0.05) is 10.5 Å². The van der Waals surface area contributed by atoms with Crippen LogP contribution in [0.2, 0.25) is 0 Å². The highest BCUT2D eigenvalue weighted by molar-refractivity contribution is 8.00. The van der Waals surface area contributed by atoms with Crippen molar-refractivity contribution in [3.63, 3.8) is 0 Å². The number of amides is 1. The van der Waals surface area contributed by atoms with E-state index in [0.717, 1.165) is 0 Å². The molecule has 0 bridgehead atoms. The van der Waals surface area contributed by atoms with Crippen molar-refractivity contribution in [1.29, 1.82) is 0 Å². The molecule has 0 aliphatic heterocycles. The van der Waals surface area contributed by atoms with E-state index in [-0.39, 0.29) is 34.9 Å². The third-order valence-electron chi connectivity index (χ3n) is 2.40. The lowest BCUT2D eigenvalue weighted by molar-refractivity contribution is -0.0328. The highest BCUT2D eigenvalue weighted by Crippen LogP contribution is 2.36. The van der Waals surface area contributed by atoms with Gasteiger partial charge in [0.05, 0.1) is 12.6 Å². The lowest BCUT2D eigenvalue weighted by Gasteiger charge is -2.14. The fraction of sp³-hybridized carbons (Fsp3) is 0.417. The SMILES string of the molecule is CC[C@H](CO)NC(=O)c1ccc(SC(F)(F)F)cc1. The van der Waals surface area contributed by atoms with Gasteiger partial charge in [-0.05, 0) is 42.4 Å². The smallest absolute Gasteiger partial charge is 0.394 e. The summed E-state index contributed by atoms with van der Waals surface area (Å²) in [5, 5.41) is 11.5. The molecule has 106 valence electrons. The molecule has 0 unspecified atom stereocenters. The Morgan fingerprint density at radius 3 is 2.37 bits per heavy atom. The standard InChI is InChI=1S/C12H14F3NO2S/c1-2-9(7-17)16-11(18)8-3-5-10(6-4-8)19-12(13,14)15/h3-6,9,17H,2,7H2,1H3,(H,16,18)/t9-/m1/s1. The number of rotatable bonds is 5. The molecule has 0 aromatic heterocycles. The summed E-state index contributed by atoms with van der Waals surface area (Å²) in [6, 6.07) is 4.79. The van der Waals surface area contributed by atoms with Crippen LogP contribution < -0.4 is 5.32 Å². The number of carbonyl (C=O) groups excluding carboxylic acids is 1. The van der Waals surface area contributed by atoms with Gasteiger partial charge in [0.15, 0.2) is 0 Å². The average Bonchev–Trinajstić information content (AvgIpc) is 2.34. The number of hydrogen-bond acceptors (Lipinski definition) is 3. The molecule has 3 nitrogen and oxygen atoms in total. The van der Waals surface area contributed by atoms with Crippen LogP contribution in [-0.4, -0.2) is 29.2 Å². The van der Waals surface area contributed by atoms with Crippen LogP contribution in [0.1, 0.15) is 23.7 Å². The first-order chi connectivity index (χ1) is 8.85. The fourth-order valence-corrected chi connectivity index (χ4v) is 1.89. The van der Waals surface area contributed by atoms with Crippen LogP contribution in [0.5, 0.6) is 0 Å². The molecule has 0 saturated carbocycles. The predicted octanol–water partition coefficient (Wildman–Crippen LogP) is 2.80. The van der Waals surface area contributed by atoms with Gasteiger partial charge in [0.25, 0.3) is 5.91 Å². The van der Waals surface area contributed by atoms with Crippen LogP contribution in [0.3, 0.4) is 0 Å².